The molecule has 2 aromatic rings. The molecule has 1 aliphatic heterocycles. The molecule has 3 atom stereocenters. The van der Waals surface area contributed by atoms with E-state index in [2.05, 4.69) is 4.98 Å². The first kappa shape index (κ1) is 25.6. The standard InChI is InChI=1S/C25H33FN4O4/c1-16-12-30(17(2)15-31)25(33)21-10-19(18-6-8-20(26)9-7-18)11-27-24(21)34-22(16)13-29(5)23(32)14-28(3)4/h6-11,16-17,22,31H,12-15H2,1-5H3/t16-,17+,22-/m0/s1. The number of carbonyl (C=O) groups is 2. The Bertz CT molecular complexity index is 1010. The first-order valence-corrected chi connectivity index (χ1v) is 11.3. The summed E-state index contributed by atoms with van der Waals surface area (Å²) in [5, 5.41) is 9.79. The van der Waals surface area contributed by atoms with Gasteiger partial charge < -0.3 is 24.5 Å². The van der Waals surface area contributed by atoms with Crippen LogP contribution in [0.1, 0.15) is 24.2 Å². The van der Waals surface area contributed by atoms with E-state index in [9.17, 15) is 19.1 Å². The number of halogens is 1. The number of aliphatic hydroxyl groups is 1. The molecule has 184 valence electrons. The fourth-order valence-electron chi connectivity index (χ4n) is 3.88. The number of ether oxygens (including phenoxy) is 1. The molecule has 0 saturated heterocycles. The zero-order valence-corrected chi connectivity index (χ0v) is 20.4. The molecule has 1 aromatic heterocycles. The molecule has 0 spiro atoms. The van der Waals surface area contributed by atoms with E-state index in [0.717, 1.165) is 0 Å². The first-order valence-electron chi connectivity index (χ1n) is 11.3. The lowest BCUT2D eigenvalue weighted by Crippen LogP contribution is -2.51. The quantitative estimate of drug-likeness (QED) is 0.665. The van der Waals surface area contributed by atoms with Gasteiger partial charge in [0.2, 0.25) is 11.8 Å². The number of likely N-dealkylation sites (N-methyl/N-ethyl adjacent to an activating group) is 2. The minimum absolute atomic E-state index is 0.0423. The summed E-state index contributed by atoms with van der Waals surface area (Å²) < 4.78 is 19.6. The second-order valence-corrected chi connectivity index (χ2v) is 9.22. The molecule has 3 rings (SSSR count). The topological polar surface area (TPSA) is 86.2 Å². The van der Waals surface area contributed by atoms with Crippen LogP contribution in [0.15, 0.2) is 36.5 Å². The van der Waals surface area contributed by atoms with E-state index in [0.29, 0.717) is 24.2 Å². The van der Waals surface area contributed by atoms with Crippen LogP contribution in [0.4, 0.5) is 4.39 Å². The van der Waals surface area contributed by atoms with E-state index in [4.69, 9.17) is 4.74 Å². The van der Waals surface area contributed by atoms with E-state index >= 15 is 0 Å². The Kier molecular flexibility index (Phi) is 8.22. The summed E-state index contributed by atoms with van der Waals surface area (Å²) in [4.78, 5) is 35.5. The van der Waals surface area contributed by atoms with Gasteiger partial charge in [-0.3, -0.25) is 9.59 Å². The van der Waals surface area contributed by atoms with Gasteiger partial charge in [0.1, 0.15) is 17.5 Å². The predicted molar refractivity (Wildman–Crippen MR) is 127 cm³/mol. The van der Waals surface area contributed by atoms with Gasteiger partial charge in [-0.2, -0.15) is 0 Å². The molecule has 9 heteroatoms. The Morgan fingerprint density at radius 1 is 1.26 bits per heavy atom. The van der Waals surface area contributed by atoms with Gasteiger partial charge in [0, 0.05) is 31.3 Å². The highest BCUT2D eigenvalue weighted by atomic mass is 19.1. The zero-order valence-electron chi connectivity index (χ0n) is 20.4. The first-order chi connectivity index (χ1) is 16.1. The minimum Gasteiger partial charge on any atom is -0.472 e. The number of fused-ring (bicyclic) bond motifs is 1. The molecule has 8 nitrogen and oxygen atoms in total. The van der Waals surface area contributed by atoms with Crippen LogP contribution in [0.5, 0.6) is 5.88 Å². The van der Waals surface area contributed by atoms with E-state index < -0.39 is 12.1 Å². The number of hydrogen-bond acceptors (Lipinski definition) is 6. The molecule has 1 aromatic carbocycles. The van der Waals surface area contributed by atoms with Crippen LogP contribution in [-0.4, -0.2) is 96.1 Å². The summed E-state index contributed by atoms with van der Waals surface area (Å²) in [7, 11) is 5.39. The Labute approximate surface area is 199 Å². The lowest BCUT2D eigenvalue weighted by atomic mass is 9.99. The summed E-state index contributed by atoms with van der Waals surface area (Å²) in [5.41, 5.74) is 1.63. The van der Waals surface area contributed by atoms with E-state index in [1.54, 1.807) is 53.1 Å². The van der Waals surface area contributed by atoms with Gasteiger partial charge >= 0.3 is 0 Å². The Balaban J connectivity index is 1.98. The van der Waals surface area contributed by atoms with Crippen LogP contribution in [-0.2, 0) is 4.79 Å². The fourth-order valence-corrected chi connectivity index (χ4v) is 3.88. The maximum Gasteiger partial charge on any atom is 0.259 e. The number of aliphatic hydroxyl groups excluding tert-OH is 1. The number of carbonyl (C=O) groups excluding carboxylic acids is 2. The van der Waals surface area contributed by atoms with Crippen molar-refractivity contribution >= 4 is 11.8 Å². The molecule has 0 radical (unpaired) electrons. The van der Waals surface area contributed by atoms with Crippen molar-refractivity contribution in [1.82, 2.24) is 19.7 Å². The SMILES string of the molecule is C[C@H](CO)N1C[C@H](C)[C@H](CN(C)C(=O)CN(C)C)Oc2ncc(-c3ccc(F)cc3)cc2C1=O. The Hall–Kier alpha value is -3.04. The third-order valence-corrected chi connectivity index (χ3v) is 6.03. The molecular formula is C25H33FN4O4. The molecule has 2 heterocycles. The average molecular weight is 473 g/mol. The number of amides is 2. The molecule has 34 heavy (non-hydrogen) atoms. The third-order valence-electron chi connectivity index (χ3n) is 6.03. The summed E-state index contributed by atoms with van der Waals surface area (Å²) in [5.74, 6) is -0.639. The number of nitrogens with zero attached hydrogens (tertiary/aromatic N) is 4. The number of aromatic nitrogens is 1. The minimum atomic E-state index is -0.416. The Morgan fingerprint density at radius 3 is 2.56 bits per heavy atom. The number of benzene rings is 1. The van der Waals surface area contributed by atoms with E-state index in [1.807, 2.05) is 21.0 Å². The van der Waals surface area contributed by atoms with Crippen molar-refractivity contribution in [3.8, 4) is 17.0 Å². The van der Waals surface area contributed by atoms with Crippen molar-refractivity contribution in [2.24, 2.45) is 5.92 Å². The van der Waals surface area contributed by atoms with Gasteiger partial charge in [-0.05, 0) is 44.8 Å². The lowest BCUT2D eigenvalue weighted by Gasteiger charge is -2.37. The summed E-state index contributed by atoms with van der Waals surface area (Å²) in [6.45, 7) is 4.50. The highest BCUT2D eigenvalue weighted by Crippen LogP contribution is 2.30. The van der Waals surface area contributed by atoms with Crippen molar-refractivity contribution in [1.29, 1.82) is 0 Å². The lowest BCUT2D eigenvalue weighted by molar-refractivity contribution is -0.132. The smallest absolute Gasteiger partial charge is 0.259 e. The number of hydrogen-bond donors (Lipinski definition) is 1. The molecule has 0 bridgehead atoms. The highest BCUT2D eigenvalue weighted by molar-refractivity contribution is 5.98. The average Bonchev–Trinajstić information content (AvgIpc) is 2.80. The summed E-state index contributed by atoms with van der Waals surface area (Å²) >= 11 is 0. The maximum atomic E-state index is 13.5. The van der Waals surface area contributed by atoms with Gasteiger partial charge in [-0.1, -0.05) is 19.1 Å². The third kappa shape index (κ3) is 5.90. The largest absolute Gasteiger partial charge is 0.472 e. The second kappa shape index (κ2) is 10.9. The van der Waals surface area contributed by atoms with Crippen molar-refractivity contribution in [2.75, 3.05) is 47.4 Å². The van der Waals surface area contributed by atoms with Crippen molar-refractivity contribution in [3.63, 3.8) is 0 Å². The van der Waals surface area contributed by atoms with E-state index in [1.165, 1.54) is 12.1 Å². The van der Waals surface area contributed by atoms with Gasteiger partial charge in [0.05, 0.1) is 25.7 Å². The number of rotatable bonds is 7. The van der Waals surface area contributed by atoms with Crippen molar-refractivity contribution in [2.45, 2.75) is 26.0 Å². The molecule has 0 unspecified atom stereocenters. The fraction of sp³-hybridized carbons (Fsp3) is 0.480. The molecule has 1 aliphatic rings. The Morgan fingerprint density at radius 2 is 1.94 bits per heavy atom. The van der Waals surface area contributed by atoms with Crippen LogP contribution >= 0.6 is 0 Å². The normalized spacial score (nSPS) is 19.2. The van der Waals surface area contributed by atoms with Gasteiger partial charge in [-0.15, -0.1) is 0 Å². The molecule has 0 saturated carbocycles. The van der Waals surface area contributed by atoms with Crippen LogP contribution in [0.3, 0.4) is 0 Å². The van der Waals surface area contributed by atoms with Crippen molar-refractivity contribution in [3.05, 3.63) is 47.9 Å². The highest BCUT2D eigenvalue weighted by Gasteiger charge is 2.34. The summed E-state index contributed by atoms with van der Waals surface area (Å²) in [6.07, 6.45) is 1.17. The van der Waals surface area contributed by atoms with E-state index in [-0.39, 0.29) is 48.1 Å². The monoisotopic (exact) mass is 472 g/mol. The van der Waals surface area contributed by atoms with Crippen LogP contribution in [0.25, 0.3) is 11.1 Å². The molecule has 2 amide bonds. The number of pyridine rings is 1. The van der Waals surface area contributed by atoms with Crippen LogP contribution in [0.2, 0.25) is 0 Å². The molecular weight excluding hydrogens is 439 g/mol. The molecule has 0 fully saturated rings. The summed E-state index contributed by atoms with van der Waals surface area (Å²) in [6, 6.07) is 7.22. The van der Waals surface area contributed by atoms with Gasteiger partial charge in [-0.25, -0.2) is 9.37 Å². The zero-order chi connectivity index (χ0) is 25.0. The maximum absolute atomic E-state index is 13.5. The van der Waals surface area contributed by atoms with Crippen molar-refractivity contribution < 1.29 is 23.8 Å². The van der Waals surface area contributed by atoms with Gasteiger partial charge in [0.15, 0.2) is 0 Å². The van der Waals surface area contributed by atoms with Gasteiger partial charge in [0.25, 0.3) is 5.91 Å². The molecule has 0 aliphatic carbocycles. The predicted octanol–water partition coefficient (Wildman–Crippen LogP) is 2.13. The second-order valence-electron chi connectivity index (χ2n) is 9.22. The van der Waals surface area contributed by atoms with Crippen LogP contribution in [0, 0.1) is 11.7 Å². The molecule has 1 N–H and O–H groups in total. The van der Waals surface area contributed by atoms with Crippen LogP contribution < -0.4 is 4.74 Å².